The Morgan fingerprint density at radius 3 is 2.15 bits per heavy atom. The molecule has 2 aromatic rings. The largest absolute Gasteiger partial charge is 0.355 e. The normalized spacial score (nSPS) is 12.2. The van der Waals surface area contributed by atoms with Crippen LogP contribution in [0.5, 0.6) is 0 Å². The summed E-state index contributed by atoms with van der Waals surface area (Å²) in [6, 6.07) is 11.8. The monoisotopic (exact) mass is 493 g/mol. The number of nitrogens with zero attached hydrogens (tertiary/aromatic N) is 2. The van der Waals surface area contributed by atoms with E-state index in [1.807, 2.05) is 13.0 Å². The first-order valence-electron chi connectivity index (χ1n) is 10.9. The topological polar surface area (TPSA) is 86.8 Å². The molecule has 9 heteroatoms. The molecule has 2 amide bonds. The third kappa shape index (κ3) is 6.71. The molecule has 1 atom stereocenters. The average Bonchev–Trinajstić information content (AvgIpc) is 2.73. The molecule has 7 nitrogen and oxygen atoms in total. The lowest BCUT2D eigenvalue weighted by Crippen LogP contribution is -2.52. The van der Waals surface area contributed by atoms with Crippen LogP contribution in [-0.4, -0.2) is 50.5 Å². The standard InChI is InChI=1S/C24H32ClN3O4S/c1-6-21(24(30)26-7-2)27(15-19-13-8-9-14-20(19)25)22(29)16-28(33(5,31)32)23-17(3)11-10-12-18(23)4/h8-14,21H,6-7,15-16H2,1-5H3,(H,26,30)/t21-/m1/s1. The van der Waals surface area contributed by atoms with Gasteiger partial charge in [-0.3, -0.25) is 13.9 Å². The molecule has 0 spiro atoms. The number of hydrogen-bond donors (Lipinski definition) is 1. The van der Waals surface area contributed by atoms with E-state index < -0.39 is 28.5 Å². The van der Waals surface area contributed by atoms with Crippen LogP contribution in [0.3, 0.4) is 0 Å². The summed E-state index contributed by atoms with van der Waals surface area (Å²) in [7, 11) is -3.78. The molecule has 180 valence electrons. The van der Waals surface area contributed by atoms with Crippen LogP contribution in [0.25, 0.3) is 0 Å². The van der Waals surface area contributed by atoms with E-state index in [0.29, 0.717) is 29.2 Å². The maximum absolute atomic E-state index is 13.6. The van der Waals surface area contributed by atoms with Crippen molar-refractivity contribution in [1.29, 1.82) is 0 Å². The minimum atomic E-state index is -3.78. The van der Waals surface area contributed by atoms with Gasteiger partial charge in [0.2, 0.25) is 21.8 Å². The fourth-order valence-corrected chi connectivity index (χ4v) is 4.96. The number of amides is 2. The van der Waals surface area contributed by atoms with Crippen LogP contribution in [0.15, 0.2) is 42.5 Å². The van der Waals surface area contributed by atoms with E-state index in [1.54, 1.807) is 57.2 Å². The third-order valence-electron chi connectivity index (χ3n) is 5.40. The molecule has 0 bridgehead atoms. The van der Waals surface area contributed by atoms with E-state index in [1.165, 1.54) is 4.90 Å². The van der Waals surface area contributed by atoms with Crippen molar-refractivity contribution in [1.82, 2.24) is 10.2 Å². The fraction of sp³-hybridized carbons (Fsp3) is 0.417. The molecule has 0 heterocycles. The number of halogens is 1. The van der Waals surface area contributed by atoms with Crippen molar-refractivity contribution in [2.45, 2.75) is 46.7 Å². The predicted molar refractivity (Wildman–Crippen MR) is 133 cm³/mol. The van der Waals surface area contributed by atoms with E-state index >= 15 is 0 Å². The van der Waals surface area contributed by atoms with Gasteiger partial charge in [-0.15, -0.1) is 0 Å². The number of rotatable bonds is 10. The highest BCUT2D eigenvalue weighted by Crippen LogP contribution is 2.27. The van der Waals surface area contributed by atoms with Crippen molar-refractivity contribution in [2.75, 3.05) is 23.7 Å². The number of carbonyl (C=O) groups excluding carboxylic acids is 2. The molecule has 0 saturated carbocycles. The Labute approximate surface area is 201 Å². The Morgan fingerprint density at radius 1 is 1.03 bits per heavy atom. The van der Waals surface area contributed by atoms with Gasteiger partial charge in [-0.05, 0) is 49.9 Å². The number of para-hydroxylation sites is 1. The van der Waals surface area contributed by atoms with Crippen LogP contribution in [0.1, 0.15) is 37.0 Å². The highest BCUT2D eigenvalue weighted by atomic mass is 35.5. The van der Waals surface area contributed by atoms with Gasteiger partial charge in [0.05, 0.1) is 11.9 Å². The predicted octanol–water partition coefficient (Wildman–Crippen LogP) is 3.67. The van der Waals surface area contributed by atoms with Gasteiger partial charge in [0, 0.05) is 18.1 Å². The molecule has 0 saturated heterocycles. The number of carbonyl (C=O) groups is 2. The summed E-state index contributed by atoms with van der Waals surface area (Å²) in [5.74, 6) is -0.778. The molecular formula is C24H32ClN3O4S. The van der Waals surface area contributed by atoms with Crippen LogP contribution in [0, 0.1) is 13.8 Å². The molecule has 2 rings (SSSR count). The summed E-state index contributed by atoms with van der Waals surface area (Å²) in [4.78, 5) is 27.8. The van der Waals surface area contributed by atoms with Gasteiger partial charge in [0.1, 0.15) is 12.6 Å². The van der Waals surface area contributed by atoms with Crippen LogP contribution >= 0.6 is 11.6 Å². The third-order valence-corrected chi connectivity index (χ3v) is 6.88. The number of likely N-dealkylation sites (N-methyl/N-ethyl adjacent to an activating group) is 1. The number of sulfonamides is 1. The van der Waals surface area contributed by atoms with E-state index in [2.05, 4.69) is 5.32 Å². The number of hydrogen-bond acceptors (Lipinski definition) is 4. The van der Waals surface area contributed by atoms with E-state index in [0.717, 1.165) is 21.7 Å². The van der Waals surface area contributed by atoms with Crippen molar-refractivity contribution in [3.05, 3.63) is 64.2 Å². The molecule has 0 unspecified atom stereocenters. The maximum atomic E-state index is 13.6. The Bertz CT molecular complexity index is 1080. The Balaban J connectivity index is 2.51. The highest BCUT2D eigenvalue weighted by Gasteiger charge is 2.32. The van der Waals surface area contributed by atoms with Gasteiger partial charge in [-0.1, -0.05) is 54.9 Å². The number of anilines is 1. The second-order valence-electron chi connectivity index (χ2n) is 7.94. The van der Waals surface area contributed by atoms with Gasteiger partial charge >= 0.3 is 0 Å². The van der Waals surface area contributed by atoms with Crippen molar-refractivity contribution in [2.24, 2.45) is 0 Å². The summed E-state index contributed by atoms with van der Waals surface area (Å²) in [6.07, 6.45) is 1.44. The van der Waals surface area contributed by atoms with Gasteiger partial charge in [-0.25, -0.2) is 8.42 Å². The smallest absolute Gasteiger partial charge is 0.244 e. The summed E-state index contributed by atoms with van der Waals surface area (Å²) in [5.41, 5.74) is 2.62. The molecular weight excluding hydrogens is 462 g/mol. The zero-order valence-electron chi connectivity index (χ0n) is 19.8. The molecule has 0 aromatic heterocycles. The zero-order valence-corrected chi connectivity index (χ0v) is 21.3. The Morgan fingerprint density at radius 2 is 1.64 bits per heavy atom. The summed E-state index contributed by atoms with van der Waals surface area (Å²) in [5, 5.41) is 3.24. The van der Waals surface area contributed by atoms with Crippen LogP contribution < -0.4 is 9.62 Å². The van der Waals surface area contributed by atoms with Crippen LogP contribution in [0.4, 0.5) is 5.69 Å². The molecule has 0 radical (unpaired) electrons. The van der Waals surface area contributed by atoms with Gasteiger partial charge in [-0.2, -0.15) is 0 Å². The van der Waals surface area contributed by atoms with E-state index in [4.69, 9.17) is 11.6 Å². The number of benzene rings is 2. The van der Waals surface area contributed by atoms with Crippen molar-refractivity contribution >= 4 is 39.1 Å². The first kappa shape index (κ1) is 26.7. The summed E-state index contributed by atoms with van der Waals surface area (Å²) >= 11 is 6.33. The molecule has 0 aliphatic carbocycles. The molecule has 0 aliphatic rings. The van der Waals surface area contributed by atoms with Gasteiger partial charge in [0.25, 0.3) is 0 Å². The molecule has 33 heavy (non-hydrogen) atoms. The minimum absolute atomic E-state index is 0.0818. The van der Waals surface area contributed by atoms with Crippen LogP contribution in [-0.2, 0) is 26.2 Å². The molecule has 0 aliphatic heterocycles. The fourth-order valence-electron chi connectivity index (χ4n) is 3.80. The number of aryl methyl sites for hydroxylation is 2. The summed E-state index contributed by atoms with van der Waals surface area (Å²) in [6.45, 7) is 7.29. The van der Waals surface area contributed by atoms with Gasteiger partial charge in [0.15, 0.2) is 0 Å². The lowest BCUT2D eigenvalue weighted by Gasteiger charge is -2.33. The lowest BCUT2D eigenvalue weighted by molar-refractivity contribution is -0.140. The second kappa shape index (κ2) is 11.5. The Hall–Kier alpha value is -2.58. The first-order valence-corrected chi connectivity index (χ1v) is 13.1. The first-order chi connectivity index (χ1) is 15.5. The van der Waals surface area contributed by atoms with Crippen molar-refractivity contribution in [3.8, 4) is 0 Å². The van der Waals surface area contributed by atoms with Crippen LogP contribution in [0.2, 0.25) is 5.02 Å². The summed E-state index contributed by atoms with van der Waals surface area (Å²) < 4.78 is 26.6. The SMILES string of the molecule is CCNC(=O)[C@@H](CC)N(Cc1ccccc1Cl)C(=O)CN(c1c(C)cccc1C)S(C)(=O)=O. The van der Waals surface area contributed by atoms with Crippen molar-refractivity contribution in [3.63, 3.8) is 0 Å². The maximum Gasteiger partial charge on any atom is 0.244 e. The van der Waals surface area contributed by atoms with E-state index in [-0.39, 0.29) is 12.5 Å². The zero-order chi connectivity index (χ0) is 24.8. The molecule has 0 fully saturated rings. The van der Waals surface area contributed by atoms with Gasteiger partial charge < -0.3 is 10.2 Å². The highest BCUT2D eigenvalue weighted by molar-refractivity contribution is 7.92. The quantitative estimate of drug-likeness (QED) is 0.547. The molecule has 1 N–H and O–H groups in total. The van der Waals surface area contributed by atoms with Crippen molar-refractivity contribution < 1.29 is 18.0 Å². The molecule has 2 aromatic carbocycles. The second-order valence-corrected chi connectivity index (χ2v) is 10.3. The Kier molecular flexibility index (Phi) is 9.31. The number of nitrogens with one attached hydrogen (secondary N) is 1. The average molecular weight is 494 g/mol. The lowest BCUT2D eigenvalue weighted by atomic mass is 10.1. The van der Waals surface area contributed by atoms with E-state index in [9.17, 15) is 18.0 Å². The minimum Gasteiger partial charge on any atom is -0.355 e.